The number of hydrogen-bond acceptors (Lipinski definition) is 10. The van der Waals surface area contributed by atoms with E-state index in [4.69, 9.17) is 39.8 Å². The number of likely N-dealkylation sites (tertiary alicyclic amines) is 1. The van der Waals surface area contributed by atoms with Crippen molar-refractivity contribution in [2.75, 3.05) is 20.3 Å². The van der Waals surface area contributed by atoms with Crippen LogP contribution in [-0.4, -0.2) is 77.6 Å². The molecule has 4 fully saturated rings. The molecule has 4 aromatic rings. The number of halogens is 1. The molecule has 15 heteroatoms. The minimum Gasteiger partial charge on any atom is -0.497 e. The Balaban J connectivity index is 1.12. The molecule has 0 spiro atoms. The summed E-state index contributed by atoms with van der Waals surface area (Å²) in [4.78, 5) is 49.6. The van der Waals surface area contributed by atoms with Crippen LogP contribution in [0.1, 0.15) is 77.4 Å². The predicted molar refractivity (Wildman–Crippen MR) is 236 cm³/mol. The number of aromatic nitrogens is 1. The van der Waals surface area contributed by atoms with Gasteiger partial charge in [0.1, 0.15) is 41.1 Å². The Labute approximate surface area is 367 Å². The number of methoxy groups -OCH3 is 1. The van der Waals surface area contributed by atoms with Crippen LogP contribution in [-0.2, 0) is 27.9 Å². The lowest BCUT2D eigenvalue weighted by Gasteiger charge is -2.37. The van der Waals surface area contributed by atoms with Gasteiger partial charge in [0.15, 0.2) is 0 Å². The van der Waals surface area contributed by atoms with Gasteiger partial charge in [-0.2, -0.15) is 0 Å². The van der Waals surface area contributed by atoms with Crippen LogP contribution in [0.5, 0.6) is 11.5 Å². The van der Waals surface area contributed by atoms with E-state index in [0.717, 1.165) is 36.8 Å². The van der Waals surface area contributed by atoms with Crippen LogP contribution in [0.4, 0.5) is 4.79 Å². The average Bonchev–Trinajstić information content (AvgIpc) is 3.50. The van der Waals surface area contributed by atoms with Gasteiger partial charge in [0, 0.05) is 46.9 Å². The highest BCUT2D eigenvalue weighted by molar-refractivity contribution is 7.56. The van der Waals surface area contributed by atoms with Crippen molar-refractivity contribution in [3.63, 3.8) is 0 Å². The first-order valence-electron chi connectivity index (χ1n) is 21.3. The third kappa shape index (κ3) is 8.95. The average molecular weight is 885 g/mol. The van der Waals surface area contributed by atoms with Gasteiger partial charge in [0.2, 0.25) is 11.8 Å². The summed E-state index contributed by atoms with van der Waals surface area (Å²) >= 11 is 6.31. The van der Waals surface area contributed by atoms with Crippen molar-refractivity contribution in [2.24, 2.45) is 11.3 Å². The zero-order valence-electron chi connectivity index (χ0n) is 35.5. The molecule has 3 aromatic carbocycles. The number of carbonyl (C=O) groups is 3. The van der Waals surface area contributed by atoms with Crippen molar-refractivity contribution in [3.8, 4) is 22.8 Å². The maximum atomic E-state index is 15.0. The number of hydrogen-bond donors (Lipinski definition) is 2. The largest absolute Gasteiger partial charge is 0.497 e. The highest BCUT2D eigenvalue weighted by Crippen LogP contribution is 2.75. The van der Waals surface area contributed by atoms with Crippen LogP contribution < -0.4 is 20.1 Å². The van der Waals surface area contributed by atoms with E-state index >= 15 is 0 Å². The van der Waals surface area contributed by atoms with Gasteiger partial charge in [-0.1, -0.05) is 80.9 Å². The zero-order valence-corrected chi connectivity index (χ0v) is 37.2. The lowest BCUT2D eigenvalue weighted by Crippen LogP contribution is -2.58. The van der Waals surface area contributed by atoms with Crippen molar-refractivity contribution >= 4 is 48.0 Å². The summed E-state index contributed by atoms with van der Waals surface area (Å²) in [5.74, 6) is -0.343. The summed E-state index contributed by atoms with van der Waals surface area (Å²) in [5, 5.41) is 5.73. The van der Waals surface area contributed by atoms with Gasteiger partial charge in [-0.15, -0.1) is 6.58 Å². The molecule has 7 atom stereocenters. The van der Waals surface area contributed by atoms with Gasteiger partial charge in [-0.25, -0.2) is 9.78 Å². The van der Waals surface area contributed by atoms with Gasteiger partial charge in [-0.05, 0) is 67.3 Å². The number of ether oxygens (including phenoxy) is 3. The number of benzene rings is 3. The minimum atomic E-state index is -4.04. The van der Waals surface area contributed by atoms with Crippen molar-refractivity contribution in [3.05, 3.63) is 102 Å². The third-order valence-electron chi connectivity index (χ3n) is 12.4. The lowest BCUT2D eigenvalue weighted by atomic mass is 9.85. The molecule has 62 heavy (non-hydrogen) atoms. The molecule has 3 amide bonds. The van der Waals surface area contributed by atoms with Crippen LogP contribution in [0, 0.1) is 11.3 Å². The zero-order chi connectivity index (χ0) is 43.8. The van der Waals surface area contributed by atoms with Gasteiger partial charge < -0.3 is 34.3 Å². The molecular formula is C47H54ClN4O9P. The molecule has 2 aliphatic heterocycles. The summed E-state index contributed by atoms with van der Waals surface area (Å²) < 4.78 is 45.3. The lowest BCUT2D eigenvalue weighted by molar-refractivity contribution is -0.142. The molecule has 1 unspecified atom stereocenters. The summed E-state index contributed by atoms with van der Waals surface area (Å²) in [6.45, 7) is 9.65. The Morgan fingerprint density at radius 1 is 1.02 bits per heavy atom. The van der Waals surface area contributed by atoms with Gasteiger partial charge in [-0.3, -0.25) is 18.7 Å². The fourth-order valence-corrected chi connectivity index (χ4v) is 11.7. The number of alkyl carbamates (subject to hydrolysis) is 1. The van der Waals surface area contributed by atoms with E-state index in [9.17, 15) is 18.9 Å². The van der Waals surface area contributed by atoms with Crippen LogP contribution in [0.2, 0.25) is 5.02 Å². The maximum Gasteiger partial charge on any atom is 0.408 e. The highest BCUT2D eigenvalue weighted by atomic mass is 35.5. The quantitative estimate of drug-likeness (QED) is 0.104. The fourth-order valence-electron chi connectivity index (χ4n) is 8.89. The smallest absolute Gasteiger partial charge is 0.408 e. The summed E-state index contributed by atoms with van der Waals surface area (Å²) in [7, 11) is -2.45. The Bertz CT molecular complexity index is 2390. The molecular weight excluding hydrogens is 831 g/mol. The van der Waals surface area contributed by atoms with Crippen molar-refractivity contribution in [2.45, 2.75) is 101 Å². The van der Waals surface area contributed by atoms with E-state index in [1.54, 1.807) is 31.4 Å². The fraction of sp³-hybridized carbons (Fsp3) is 0.447. The third-order valence-corrected chi connectivity index (χ3v) is 15.3. The molecule has 2 aliphatic carbocycles. The number of nitrogens with one attached hydrogen (secondary N) is 2. The second kappa shape index (κ2) is 17.7. The van der Waals surface area contributed by atoms with Crippen molar-refractivity contribution < 1.29 is 42.2 Å². The first-order chi connectivity index (χ1) is 29.7. The van der Waals surface area contributed by atoms with Gasteiger partial charge in [0.05, 0.1) is 37.6 Å². The molecule has 0 radical (unpaired) electrons. The molecule has 2 N–H and O–H groups in total. The standard InChI is InChI=1S/C47H54ClN4O9P/c1-6-31-27-47(31,62(56)58-22-21-40(61-62)30-15-12-16-32(48)23-30)51-43(53)39-25-35(28-52(39)44(54)42(46(2,3)4)50-45(55)60-33-17-10-11-18-33)59-41-26-37(29-13-8-7-9-14-29)49-38-24-34(57-5)19-20-36(38)41/h6-9,12-16,19-20,23-24,26,31,33,35,39-40,42H,1,10-11,17-18,21-22,25,27-28H2,2-5H3,(H,50,55)(H,51,53)/t31-,35-,39+,40+,42-,47+,62?/m1/s1. The Kier molecular flexibility index (Phi) is 12.5. The van der Waals surface area contributed by atoms with E-state index in [-0.39, 0.29) is 32.1 Å². The molecule has 13 nitrogen and oxygen atoms in total. The highest BCUT2D eigenvalue weighted by Gasteiger charge is 2.70. The maximum absolute atomic E-state index is 15.0. The van der Waals surface area contributed by atoms with Crippen LogP contribution in [0.3, 0.4) is 0 Å². The van der Waals surface area contributed by atoms with Gasteiger partial charge in [0.25, 0.3) is 0 Å². The van der Waals surface area contributed by atoms with E-state index < -0.39 is 66.4 Å². The SMILES string of the molecule is C=C[C@@H]1C[C@]1(NC(=O)[C@@H]1C[C@@H](Oc2cc(-c3ccccc3)nc3cc(OC)ccc23)CN1C(=O)[C@@H](NC(=O)OC1CCCC1)C(C)(C)C)P1(=O)OCC[C@@H](c2cccc(Cl)c2)O1. The molecule has 3 heterocycles. The monoisotopic (exact) mass is 884 g/mol. The van der Waals surface area contributed by atoms with Gasteiger partial charge >= 0.3 is 13.7 Å². The van der Waals surface area contributed by atoms with Crippen LogP contribution >= 0.6 is 19.2 Å². The molecule has 1 aromatic heterocycles. The normalized spacial score (nSPS) is 26.7. The molecule has 8 rings (SSSR count). The number of carbonyl (C=O) groups excluding carboxylic acids is 3. The van der Waals surface area contributed by atoms with E-state index in [1.165, 1.54) is 4.90 Å². The number of amides is 3. The Morgan fingerprint density at radius 3 is 2.48 bits per heavy atom. The van der Waals surface area contributed by atoms with Crippen molar-refractivity contribution in [1.82, 2.24) is 20.5 Å². The molecule has 2 saturated carbocycles. The molecule has 2 saturated heterocycles. The number of nitrogens with zero attached hydrogens (tertiary/aromatic N) is 2. The number of fused-ring (bicyclic) bond motifs is 1. The molecule has 0 bridgehead atoms. The summed E-state index contributed by atoms with van der Waals surface area (Å²) in [6, 6.07) is 22.1. The van der Waals surface area contributed by atoms with E-state index in [1.807, 2.05) is 81.4 Å². The second-order valence-corrected chi connectivity index (χ2v) is 20.4. The first-order valence-corrected chi connectivity index (χ1v) is 23.2. The number of rotatable bonds is 12. The number of pyridine rings is 1. The Hall–Kier alpha value is -4.94. The Morgan fingerprint density at radius 2 is 1.79 bits per heavy atom. The summed E-state index contributed by atoms with van der Waals surface area (Å²) in [6.07, 6.45) is 3.70. The topological polar surface area (TPSA) is 155 Å². The van der Waals surface area contributed by atoms with E-state index in [2.05, 4.69) is 17.2 Å². The van der Waals surface area contributed by atoms with Crippen LogP contribution in [0.15, 0.2) is 91.5 Å². The van der Waals surface area contributed by atoms with Crippen LogP contribution in [0.25, 0.3) is 22.2 Å². The molecule has 328 valence electrons. The van der Waals surface area contributed by atoms with E-state index in [0.29, 0.717) is 39.5 Å². The first kappa shape index (κ1) is 43.7. The second-order valence-electron chi connectivity index (χ2n) is 17.7. The summed E-state index contributed by atoms with van der Waals surface area (Å²) in [5.41, 5.74) is 2.14. The predicted octanol–water partition coefficient (Wildman–Crippen LogP) is 9.39. The minimum absolute atomic E-state index is 0.00286. The van der Waals surface area contributed by atoms with Crippen molar-refractivity contribution in [1.29, 1.82) is 0 Å². The molecule has 4 aliphatic rings.